The average molecular weight is 472 g/mol. The smallest absolute Gasteiger partial charge is 0.411 e. The van der Waals surface area contributed by atoms with Crippen LogP contribution in [0.2, 0.25) is 0 Å². The van der Waals surface area contributed by atoms with E-state index in [0.29, 0.717) is 11.7 Å². The fraction of sp³-hybridized carbons (Fsp3) is 0.409. The highest BCUT2D eigenvalue weighted by Gasteiger charge is 2.17. The minimum absolute atomic E-state index is 0.0100. The molecule has 1 saturated heterocycles. The van der Waals surface area contributed by atoms with Crippen molar-refractivity contribution in [2.45, 2.75) is 38.6 Å². The summed E-state index contributed by atoms with van der Waals surface area (Å²) in [6.45, 7) is 3.23. The van der Waals surface area contributed by atoms with Gasteiger partial charge in [-0.25, -0.2) is 4.79 Å². The second-order valence-corrected chi connectivity index (χ2v) is 8.93. The Morgan fingerprint density at radius 1 is 1.18 bits per heavy atom. The zero-order valence-corrected chi connectivity index (χ0v) is 18.9. The summed E-state index contributed by atoms with van der Waals surface area (Å²) in [5, 5.41) is 17.4. The molecule has 1 aliphatic rings. The summed E-state index contributed by atoms with van der Waals surface area (Å²) >= 11 is 1.65. The van der Waals surface area contributed by atoms with Gasteiger partial charge in [-0.1, -0.05) is 30.1 Å². The van der Waals surface area contributed by atoms with E-state index in [1.54, 1.807) is 17.4 Å². The Morgan fingerprint density at radius 3 is 2.76 bits per heavy atom. The standard InChI is InChI=1S/C22H25N5O5S/c28-22(23-17-7-3-4-8-18(17)27(29)30)31-14-11-20-24-21(32-25-20)19-10-9-16(33-19)15-26-12-5-1-2-6-13-26/h3-4,7-10H,1-2,5-6,11-15H2,(H,23,28). The quantitative estimate of drug-likeness (QED) is 0.364. The molecule has 4 rings (SSSR count). The molecule has 0 bridgehead atoms. The Morgan fingerprint density at radius 2 is 1.97 bits per heavy atom. The molecule has 1 aliphatic heterocycles. The first-order valence-electron chi connectivity index (χ1n) is 10.9. The molecule has 0 aliphatic carbocycles. The minimum atomic E-state index is -0.788. The maximum absolute atomic E-state index is 12.0. The Kier molecular flexibility index (Phi) is 7.63. The van der Waals surface area contributed by atoms with E-state index in [0.717, 1.165) is 24.5 Å². The molecule has 10 nitrogen and oxygen atoms in total. The van der Waals surface area contributed by atoms with Crippen molar-refractivity contribution in [3.8, 4) is 10.8 Å². The lowest BCUT2D eigenvalue weighted by atomic mass is 10.2. The number of likely N-dealkylation sites (tertiary alicyclic amines) is 1. The number of ether oxygens (including phenoxy) is 1. The number of nitro benzene ring substituents is 1. The second kappa shape index (κ2) is 11.0. The highest BCUT2D eigenvalue weighted by Crippen LogP contribution is 2.28. The zero-order valence-electron chi connectivity index (χ0n) is 18.1. The number of para-hydroxylation sites is 2. The van der Waals surface area contributed by atoms with Crippen LogP contribution in [0.5, 0.6) is 0 Å². The summed E-state index contributed by atoms with van der Waals surface area (Å²) in [5.41, 5.74) is -0.133. The maximum atomic E-state index is 12.0. The van der Waals surface area contributed by atoms with Crippen LogP contribution < -0.4 is 5.32 Å². The number of nitrogens with one attached hydrogen (secondary N) is 1. The minimum Gasteiger partial charge on any atom is -0.449 e. The number of carbonyl (C=O) groups excluding carboxylic acids is 1. The van der Waals surface area contributed by atoms with Crippen molar-refractivity contribution in [1.82, 2.24) is 15.0 Å². The molecule has 0 radical (unpaired) electrons. The molecular weight excluding hydrogens is 446 g/mol. The number of amides is 1. The second-order valence-electron chi connectivity index (χ2n) is 7.76. The lowest BCUT2D eigenvalue weighted by molar-refractivity contribution is -0.383. The van der Waals surface area contributed by atoms with Crippen molar-refractivity contribution in [3.63, 3.8) is 0 Å². The predicted octanol–water partition coefficient (Wildman–Crippen LogP) is 4.87. The van der Waals surface area contributed by atoms with Crippen LogP contribution in [0.4, 0.5) is 16.2 Å². The molecule has 11 heteroatoms. The number of benzene rings is 1. The third-order valence-electron chi connectivity index (χ3n) is 5.31. The molecule has 1 amide bonds. The van der Waals surface area contributed by atoms with Crippen molar-refractivity contribution in [3.05, 3.63) is 57.2 Å². The first-order valence-corrected chi connectivity index (χ1v) is 11.7. The molecule has 0 saturated carbocycles. The van der Waals surface area contributed by atoms with E-state index in [9.17, 15) is 14.9 Å². The lowest BCUT2D eigenvalue weighted by Crippen LogP contribution is -2.23. The highest BCUT2D eigenvalue weighted by molar-refractivity contribution is 7.15. The topological polar surface area (TPSA) is 124 Å². The van der Waals surface area contributed by atoms with Gasteiger partial charge in [-0.2, -0.15) is 4.98 Å². The summed E-state index contributed by atoms with van der Waals surface area (Å²) in [5.74, 6) is 0.868. The Bertz CT molecular complexity index is 1090. The number of hydrogen-bond donors (Lipinski definition) is 1. The van der Waals surface area contributed by atoms with E-state index in [4.69, 9.17) is 9.26 Å². The number of nitro groups is 1. The largest absolute Gasteiger partial charge is 0.449 e. The number of rotatable bonds is 8. The van der Waals surface area contributed by atoms with Gasteiger partial charge >= 0.3 is 6.09 Å². The molecule has 0 atom stereocenters. The molecule has 0 spiro atoms. The molecule has 1 aromatic carbocycles. The third kappa shape index (κ3) is 6.36. The van der Waals surface area contributed by atoms with Crippen molar-refractivity contribution >= 4 is 28.8 Å². The Balaban J connectivity index is 1.26. The number of carbonyl (C=O) groups is 1. The molecule has 0 unspecified atom stereocenters. The summed E-state index contributed by atoms with van der Waals surface area (Å²) < 4.78 is 10.5. The van der Waals surface area contributed by atoms with Crippen LogP contribution in [0.25, 0.3) is 10.8 Å². The summed E-state index contributed by atoms with van der Waals surface area (Å²) in [4.78, 5) is 31.5. The van der Waals surface area contributed by atoms with E-state index in [1.165, 1.54) is 48.8 Å². The Labute approximate surface area is 194 Å². The average Bonchev–Trinajstić information content (AvgIpc) is 3.38. The fourth-order valence-electron chi connectivity index (χ4n) is 3.67. The number of aromatic nitrogens is 2. The van der Waals surface area contributed by atoms with Gasteiger partial charge in [0.05, 0.1) is 9.80 Å². The van der Waals surface area contributed by atoms with Crippen LogP contribution in [0.1, 0.15) is 36.4 Å². The molecular formula is C22H25N5O5S. The van der Waals surface area contributed by atoms with Crippen LogP contribution in [0, 0.1) is 10.1 Å². The predicted molar refractivity (Wildman–Crippen MR) is 123 cm³/mol. The van der Waals surface area contributed by atoms with Gasteiger partial charge in [-0.15, -0.1) is 11.3 Å². The van der Waals surface area contributed by atoms with E-state index in [1.807, 2.05) is 6.07 Å². The van der Waals surface area contributed by atoms with Crippen molar-refractivity contribution in [1.29, 1.82) is 0 Å². The molecule has 2 aromatic heterocycles. The molecule has 3 heterocycles. The number of hydrogen-bond acceptors (Lipinski definition) is 9. The summed E-state index contributed by atoms with van der Waals surface area (Å²) in [7, 11) is 0. The lowest BCUT2D eigenvalue weighted by Gasteiger charge is -2.18. The van der Waals surface area contributed by atoms with E-state index in [-0.39, 0.29) is 24.4 Å². The van der Waals surface area contributed by atoms with Crippen molar-refractivity contribution < 1.29 is 19.0 Å². The molecule has 3 aromatic rings. The SMILES string of the molecule is O=C(Nc1ccccc1[N+](=O)[O-])OCCc1noc(-c2ccc(CN3CCCCCC3)s2)n1. The molecule has 1 fully saturated rings. The Hall–Kier alpha value is -3.31. The van der Waals surface area contributed by atoms with E-state index < -0.39 is 11.0 Å². The molecule has 1 N–H and O–H groups in total. The summed E-state index contributed by atoms with van der Waals surface area (Å²) in [6.07, 6.45) is 4.62. The van der Waals surface area contributed by atoms with Crippen molar-refractivity contribution in [2.24, 2.45) is 0 Å². The van der Waals surface area contributed by atoms with Gasteiger partial charge in [0.15, 0.2) is 5.82 Å². The van der Waals surface area contributed by atoms with Crippen molar-refractivity contribution in [2.75, 3.05) is 25.0 Å². The monoisotopic (exact) mass is 471 g/mol. The van der Waals surface area contributed by atoms with Crippen LogP contribution in [0.3, 0.4) is 0 Å². The van der Waals surface area contributed by atoms with E-state index in [2.05, 4.69) is 26.4 Å². The van der Waals surface area contributed by atoms with Gasteiger partial charge in [-0.05, 0) is 44.1 Å². The first-order chi connectivity index (χ1) is 16.1. The first kappa shape index (κ1) is 22.9. The van der Waals surface area contributed by atoms with Crippen LogP contribution in [0.15, 0.2) is 40.9 Å². The maximum Gasteiger partial charge on any atom is 0.411 e. The van der Waals surface area contributed by atoms with Gasteiger partial charge in [-0.3, -0.25) is 20.3 Å². The number of thiophene rings is 1. The molecule has 33 heavy (non-hydrogen) atoms. The molecule has 174 valence electrons. The van der Waals surface area contributed by atoms with Gasteiger partial charge in [0.25, 0.3) is 11.6 Å². The van der Waals surface area contributed by atoms with Gasteiger partial charge in [0.2, 0.25) is 0 Å². The third-order valence-corrected chi connectivity index (χ3v) is 6.37. The fourth-order valence-corrected chi connectivity index (χ4v) is 4.64. The normalized spacial score (nSPS) is 14.5. The van der Waals surface area contributed by atoms with Crippen LogP contribution in [-0.2, 0) is 17.7 Å². The zero-order chi connectivity index (χ0) is 23.0. The highest BCUT2D eigenvalue weighted by atomic mass is 32.1. The van der Waals surface area contributed by atoms with Crippen LogP contribution >= 0.6 is 11.3 Å². The van der Waals surface area contributed by atoms with Gasteiger partial charge in [0, 0.05) is 23.9 Å². The van der Waals surface area contributed by atoms with Gasteiger partial charge < -0.3 is 9.26 Å². The van der Waals surface area contributed by atoms with E-state index >= 15 is 0 Å². The summed E-state index contributed by atoms with van der Waals surface area (Å²) in [6, 6.07) is 9.95. The number of nitrogens with zero attached hydrogens (tertiary/aromatic N) is 4. The van der Waals surface area contributed by atoms with Crippen LogP contribution in [-0.4, -0.2) is 45.8 Å². The number of anilines is 1. The van der Waals surface area contributed by atoms with Gasteiger partial charge in [0.1, 0.15) is 12.3 Å².